The summed E-state index contributed by atoms with van der Waals surface area (Å²) in [6.07, 6.45) is 40.4. The maximum Gasteiger partial charge on any atom is 0.303 e. The van der Waals surface area contributed by atoms with E-state index in [0.717, 1.165) is 25.7 Å². The molecule has 0 unspecified atom stereocenters. The first-order valence-electron chi connectivity index (χ1n) is 20.5. The highest BCUT2D eigenvalue weighted by molar-refractivity contribution is 9.18. The number of carbonyl (C=O) groups is 3. The zero-order chi connectivity index (χ0) is 36.5. The van der Waals surface area contributed by atoms with Crippen molar-refractivity contribution in [3.8, 4) is 0 Å². The van der Waals surface area contributed by atoms with Gasteiger partial charge < -0.3 is 10.2 Å². The van der Waals surface area contributed by atoms with E-state index in [4.69, 9.17) is 10.2 Å². The second kappa shape index (κ2) is 42.5. The molecule has 0 saturated heterocycles. The van der Waals surface area contributed by atoms with Gasteiger partial charge in [0.1, 0.15) is 0 Å². The van der Waals surface area contributed by atoms with Gasteiger partial charge in [-0.3, -0.25) is 14.4 Å². The summed E-state index contributed by atoms with van der Waals surface area (Å²) in [7, 11) is 0. The van der Waals surface area contributed by atoms with Crippen molar-refractivity contribution in [3.63, 3.8) is 0 Å². The van der Waals surface area contributed by atoms with Crippen LogP contribution in [0.4, 0.5) is 0 Å². The van der Waals surface area contributed by atoms with Gasteiger partial charge in [0.05, 0.1) is 0 Å². The van der Waals surface area contributed by atoms with Crippen molar-refractivity contribution in [3.05, 3.63) is 35.9 Å². The average Bonchev–Trinajstić information content (AvgIpc) is 3.09. The number of benzene rings is 1. The van der Waals surface area contributed by atoms with Gasteiger partial charge in [0, 0.05) is 18.4 Å². The van der Waals surface area contributed by atoms with Crippen LogP contribution >= 0.6 is 15.9 Å². The van der Waals surface area contributed by atoms with Gasteiger partial charge in [-0.15, -0.1) is 0 Å². The quantitative estimate of drug-likeness (QED) is 0.0551. The van der Waals surface area contributed by atoms with Gasteiger partial charge in [-0.2, -0.15) is 0 Å². The molecule has 0 amide bonds. The molecule has 0 spiro atoms. The van der Waals surface area contributed by atoms with E-state index in [-0.39, 0.29) is 4.69 Å². The number of unbranched alkanes of at least 4 members (excludes halogenated alkanes) is 28. The Hall–Kier alpha value is -1.69. The molecule has 1 aromatic carbocycles. The molecule has 0 atom stereocenters. The van der Waals surface area contributed by atoms with Gasteiger partial charge in [-0.25, -0.2) is 0 Å². The van der Waals surface area contributed by atoms with Crippen molar-refractivity contribution < 1.29 is 24.6 Å². The summed E-state index contributed by atoms with van der Waals surface area (Å²) in [5.74, 6) is -1.31. The average molecular weight is 754 g/mol. The molecule has 2 N–H and O–H groups in total. The second-order valence-electron chi connectivity index (χ2n) is 13.8. The molecule has 5 nitrogen and oxygen atoms in total. The second-order valence-corrected chi connectivity index (χ2v) is 14.5. The summed E-state index contributed by atoms with van der Waals surface area (Å²) >= 11 is 2.84. The Balaban J connectivity index is 0. The zero-order valence-electron chi connectivity index (χ0n) is 32.0. The molecule has 286 valence electrons. The maximum absolute atomic E-state index is 10.6. The Morgan fingerprint density at radius 3 is 0.816 bits per heavy atom. The van der Waals surface area contributed by atoms with Gasteiger partial charge in [0.25, 0.3) is 0 Å². The minimum Gasteiger partial charge on any atom is -0.481 e. The number of hydrogen-bond donors (Lipinski definition) is 2. The Morgan fingerprint density at radius 2 is 0.633 bits per heavy atom. The SMILES string of the molecule is CCCCCCCCCCCCCCCCCC(=O)O.CCCCCCCCCCCCCCCCCC(=O)O.O=C(Br)c1ccccc1. The Kier molecular flexibility index (Phi) is 42.8. The summed E-state index contributed by atoms with van der Waals surface area (Å²) in [5, 5.41) is 17.0. The molecule has 0 radical (unpaired) electrons. The fourth-order valence-electron chi connectivity index (χ4n) is 5.86. The molecule has 0 aliphatic rings. The molecule has 0 aliphatic heterocycles. The van der Waals surface area contributed by atoms with Crippen LogP contribution in [0.1, 0.15) is 230 Å². The Labute approximate surface area is 311 Å². The zero-order valence-corrected chi connectivity index (χ0v) is 33.6. The topological polar surface area (TPSA) is 91.7 Å². The van der Waals surface area contributed by atoms with E-state index < -0.39 is 11.9 Å². The number of aliphatic carboxylic acids is 2. The van der Waals surface area contributed by atoms with Crippen molar-refractivity contribution in [2.24, 2.45) is 0 Å². The van der Waals surface area contributed by atoms with Crippen LogP contribution in [-0.2, 0) is 9.59 Å². The first-order chi connectivity index (χ1) is 23.8. The predicted molar refractivity (Wildman–Crippen MR) is 214 cm³/mol. The molecule has 0 saturated carbocycles. The highest BCUT2D eigenvalue weighted by Crippen LogP contribution is 2.15. The minimum atomic E-state index is -0.653. The summed E-state index contributed by atoms with van der Waals surface area (Å²) in [5.41, 5.74) is 0.692. The van der Waals surface area contributed by atoms with E-state index in [9.17, 15) is 14.4 Å². The monoisotopic (exact) mass is 752 g/mol. The van der Waals surface area contributed by atoms with Gasteiger partial charge >= 0.3 is 11.9 Å². The van der Waals surface area contributed by atoms with Crippen LogP contribution in [0.25, 0.3) is 0 Å². The highest BCUT2D eigenvalue weighted by Gasteiger charge is 1.99. The van der Waals surface area contributed by atoms with E-state index >= 15 is 0 Å². The summed E-state index contributed by atoms with van der Waals surface area (Å²) in [4.78, 5) is 31.2. The molecule has 1 aromatic rings. The molecule has 0 heterocycles. The first-order valence-corrected chi connectivity index (χ1v) is 21.3. The highest BCUT2D eigenvalue weighted by atomic mass is 79.9. The van der Waals surface area contributed by atoms with Crippen molar-refractivity contribution >= 4 is 32.6 Å². The number of carboxylic acid groups (broad SMARTS) is 2. The smallest absolute Gasteiger partial charge is 0.303 e. The van der Waals surface area contributed by atoms with Crippen LogP contribution in [0.3, 0.4) is 0 Å². The number of rotatable bonds is 33. The number of carboxylic acids is 2. The lowest BCUT2D eigenvalue weighted by Gasteiger charge is -2.03. The molecule has 49 heavy (non-hydrogen) atoms. The number of hydrogen-bond acceptors (Lipinski definition) is 3. The van der Waals surface area contributed by atoms with Crippen LogP contribution in [0, 0.1) is 0 Å². The van der Waals surface area contributed by atoms with Crippen LogP contribution in [-0.4, -0.2) is 26.8 Å². The van der Waals surface area contributed by atoms with Crippen LogP contribution in [0.2, 0.25) is 0 Å². The fourth-order valence-corrected chi connectivity index (χ4v) is 6.13. The van der Waals surface area contributed by atoms with E-state index in [1.807, 2.05) is 18.2 Å². The van der Waals surface area contributed by atoms with Gasteiger partial charge in [0.2, 0.25) is 4.69 Å². The fraction of sp³-hybridized carbons (Fsp3) is 0.791. The van der Waals surface area contributed by atoms with Crippen LogP contribution in [0.5, 0.6) is 0 Å². The standard InChI is InChI=1S/2C18H36O2.C7H5BrO/c2*1-2-3-4-5-6-7-8-9-10-11-12-13-14-15-16-17-18(19)20;8-7(9)6-4-2-1-3-5-6/h2*2-17H2,1H3,(H,19,20);1-5H. The van der Waals surface area contributed by atoms with Gasteiger partial charge in [-0.05, 0) is 28.8 Å². The predicted octanol–water partition coefficient (Wildman–Crippen LogP) is 14.9. The third kappa shape index (κ3) is 46.3. The Bertz CT molecular complexity index is 785. The van der Waals surface area contributed by atoms with E-state index in [0.29, 0.717) is 18.4 Å². The third-order valence-electron chi connectivity index (χ3n) is 8.99. The lowest BCUT2D eigenvalue weighted by molar-refractivity contribution is -0.138. The number of halogens is 1. The molecule has 0 bridgehead atoms. The van der Waals surface area contributed by atoms with Gasteiger partial charge in [-0.1, -0.05) is 224 Å². The van der Waals surface area contributed by atoms with Crippen molar-refractivity contribution in [1.29, 1.82) is 0 Å². The van der Waals surface area contributed by atoms with Crippen molar-refractivity contribution in [1.82, 2.24) is 0 Å². The number of carbonyl (C=O) groups excluding carboxylic acids is 1. The minimum absolute atomic E-state index is 0.0666. The first kappa shape index (κ1) is 49.4. The molecule has 0 fully saturated rings. The molecule has 0 aliphatic carbocycles. The summed E-state index contributed by atoms with van der Waals surface area (Å²) in [6, 6.07) is 9.05. The normalized spacial score (nSPS) is 10.5. The molecule has 6 heteroatoms. The van der Waals surface area contributed by atoms with E-state index in [1.165, 1.54) is 167 Å². The van der Waals surface area contributed by atoms with Crippen LogP contribution in [0.15, 0.2) is 30.3 Å². The Morgan fingerprint density at radius 1 is 0.408 bits per heavy atom. The molecule has 1 rings (SSSR count). The molecular formula is C43H77BrO5. The molecular weight excluding hydrogens is 676 g/mol. The van der Waals surface area contributed by atoms with Crippen LogP contribution < -0.4 is 0 Å². The summed E-state index contributed by atoms with van der Waals surface area (Å²) in [6.45, 7) is 4.54. The van der Waals surface area contributed by atoms with E-state index in [1.54, 1.807) is 12.1 Å². The maximum atomic E-state index is 10.6. The third-order valence-corrected chi connectivity index (χ3v) is 9.45. The van der Waals surface area contributed by atoms with Crippen molar-refractivity contribution in [2.75, 3.05) is 0 Å². The van der Waals surface area contributed by atoms with E-state index in [2.05, 4.69) is 29.8 Å². The lowest BCUT2D eigenvalue weighted by Crippen LogP contribution is -1.93. The lowest BCUT2D eigenvalue weighted by atomic mass is 10.0. The van der Waals surface area contributed by atoms with Gasteiger partial charge in [0.15, 0.2) is 0 Å². The van der Waals surface area contributed by atoms with Crippen molar-refractivity contribution in [2.45, 2.75) is 219 Å². The largest absolute Gasteiger partial charge is 0.481 e. The summed E-state index contributed by atoms with van der Waals surface area (Å²) < 4.78 is -0.0666. The molecule has 0 aromatic heterocycles.